The van der Waals surface area contributed by atoms with Crippen LogP contribution in [0.2, 0.25) is 0 Å². The van der Waals surface area contributed by atoms with Gasteiger partial charge < -0.3 is 14.7 Å². The summed E-state index contributed by atoms with van der Waals surface area (Å²) < 4.78 is 5.28. The molecule has 0 saturated carbocycles. The molecular weight excluding hydrogens is 284 g/mol. The Morgan fingerprint density at radius 1 is 1.14 bits per heavy atom. The molecule has 1 heterocycles. The van der Waals surface area contributed by atoms with E-state index in [9.17, 15) is 9.59 Å². The standard InChI is InChI=1S/C16H18N2O4/c19-15(20)7-4-8-17-9-11-18(12-10-17)16(21)22-13-14-5-2-1-3-6-14/h1-3,5-6H,8-13H2,(H,19,20). The van der Waals surface area contributed by atoms with Gasteiger partial charge in [-0.1, -0.05) is 36.3 Å². The van der Waals surface area contributed by atoms with E-state index in [1.807, 2.05) is 35.2 Å². The van der Waals surface area contributed by atoms with Crippen molar-refractivity contribution in [2.45, 2.75) is 6.61 Å². The second-order valence-electron chi connectivity index (χ2n) is 4.91. The lowest BCUT2D eigenvalue weighted by Crippen LogP contribution is -2.48. The van der Waals surface area contributed by atoms with E-state index in [0.717, 1.165) is 5.56 Å². The number of carbonyl (C=O) groups is 2. The summed E-state index contributed by atoms with van der Waals surface area (Å²) in [6.45, 7) is 3.11. The van der Waals surface area contributed by atoms with Gasteiger partial charge in [-0.25, -0.2) is 9.59 Å². The normalized spacial score (nSPS) is 14.8. The Kier molecular flexibility index (Phi) is 5.81. The van der Waals surface area contributed by atoms with Crippen LogP contribution in [0.15, 0.2) is 30.3 Å². The quantitative estimate of drug-likeness (QED) is 0.845. The highest BCUT2D eigenvalue weighted by Crippen LogP contribution is 2.06. The molecule has 0 aliphatic carbocycles. The number of ether oxygens (including phenoxy) is 1. The molecule has 2 rings (SSSR count). The van der Waals surface area contributed by atoms with Gasteiger partial charge in [0.15, 0.2) is 0 Å². The van der Waals surface area contributed by atoms with Gasteiger partial charge >= 0.3 is 12.1 Å². The zero-order chi connectivity index (χ0) is 15.8. The van der Waals surface area contributed by atoms with Crippen molar-refractivity contribution < 1.29 is 19.4 Å². The Balaban J connectivity index is 1.71. The van der Waals surface area contributed by atoms with Gasteiger partial charge in [0.05, 0.1) is 6.54 Å². The molecule has 6 nitrogen and oxygen atoms in total. The highest BCUT2D eigenvalue weighted by Gasteiger charge is 2.21. The molecule has 22 heavy (non-hydrogen) atoms. The maximum atomic E-state index is 12.0. The Hall–Kier alpha value is -2.52. The zero-order valence-electron chi connectivity index (χ0n) is 12.2. The number of carboxylic acid groups (broad SMARTS) is 1. The predicted octanol–water partition coefficient (Wildman–Crippen LogP) is 1.03. The Morgan fingerprint density at radius 2 is 1.82 bits per heavy atom. The lowest BCUT2D eigenvalue weighted by molar-refractivity contribution is -0.130. The molecule has 0 unspecified atom stereocenters. The third kappa shape index (κ3) is 5.11. The maximum Gasteiger partial charge on any atom is 0.410 e. The van der Waals surface area contributed by atoms with Crippen LogP contribution in [0.4, 0.5) is 4.79 Å². The minimum absolute atomic E-state index is 0.268. The number of hydrogen-bond acceptors (Lipinski definition) is 4. The first-order valence-corrected chi connectivity index (χ1v) is 7.05. The van der Waals surface area contributed by atoms with Gasteiger partial charge in [-0.05, 0) is 5.56 Å². The van der Waals surface area contributed by atoms with E-state index in [1.54, 1.807) is 4.90 Å². The van der Waals surface area contributed by atoms with Gasteiger partial charge in [0.1, 0.15) is 6.61 Å². The minimum Gasteiger partial charge on any atom is -0.472 e. The predicted molar refractivity (Wildman–Crippen MR) is 80.1 cm³/mol. The molecule has 1 saturated heterocycles. The number of piperazine rings is 1. The number of amides is 1. The number of carboxylic acids is 1. The molecule has 0 bridgehead atoms. The van der Waals surface area contributed by atoms with Crippen LogP contribution in [0.3, 0.4) is 0 Å². The van der Waals surface area contributed by atoms with Crippen molar-refractivity contribution in [3.05, 3.63) is 35.9 Å². The van der Waals surface area contributed by atoms with Crippen molar-refractivity contribution >= 4 is 12.1 Å². The highest BCUT2D eigenvalue weighted by molar-refractivity contribution is 5.86. The Morgan fingerprint density at radius 3 is 2.45 bits per heavy atom. The fraction of sp³-hybridized carbons (Fsp3) is 0.375. The van der Waals surface area contributed by atoms with Crippen molar-refractivity contribution in [1.29, 1.82) is 0 Å². The van der Waals surface area contributed by atoms with Gasteiger partial charge in [-0.2, -0.15) is 0 Å². The summed E-state index contributed by atoms with van der Waals surface area (Å²) in [6, 6.07) is 9.54. The van der Waals surface area contributed by atoms with E-state index in [-0.39, 0.29) is 12.7 Å². The molecule has 6 heteroatoms. The van der Waals surface area contributed by atoms with E-state index in [0.29, 0.717) is 32.7 Å². The van der Waals surface area contributed by atoms with E-state index in [1.165, 1.54) is 0 Å². The first kappa shape index (κ1) is 15.9. The number of hydrogen-bond donors (Lipinski definition) is 1. The average Bonchev–Trinajstić information content (AvgIpc) is 2.54. The second-order valence-corrected chi connectivity index (χ2v) is 4.91. The molecule has 1 aliphatic rings. The first-order valence-electron chi connectivity index (χ1n) is 7.05. The monoisotopic (exact) mass is 302 g/mol. The Bertz CT molecular complexity index is 569. The fourth-order valence-corrected chi connectivity index (χ4v) is 2.13. The summed E-state index contributed by atoms with van der Waals surface area (Å²) in [5.41, 5.74) is 0.957. The largest absolute Gasteiger partial charge is 0.472 e. The molecule has 1 amide bonds. The molecule has 0 radical (unpaired) electrons. The number of carbonyl (C=O) groups excluding carboxylic acids is 1. The highest BCUT2D eigenvalue weighted by atomic mass is 16.6. The third-order valence-corrected chi connectivity index (χ3v) is 3.33. The van der Waals surface area contributed by atoms with Gasteiger partial charge in [-0.15, -0.1) is 0 Å². The molecular formula is C16H18N2O4. The second kappa shape index (κ2) is 8.05. The van der Waals surface area contributed by atoms with Crippen molar-refractivity contribution in [3.63, 3.8) is 0 Å². The third-order valence-electron chi connectivity index (χ3n) is 3.33. The summed E-state index contributed by atoms with van der Waals surface area (Å²) >= 11 is 0. The molecule has 0 aromatic heterocycles. The summed E-state index contributed by atoms with van der Waals surface area (Å²) in [5, 5.41) is 8.45. The number of aliphatic carboxylic acids is 1. The van der Waals surface area contributed by atoms with Crippen molar-refractivity contribution in [1.82, 2.24) is 9.80 Å². The number of nitrogens with zero attached hydrogens (tertiary/aromatic N) is 2. The van der Waals surface area contributed by atoms with Crippen molar-refractivity contribution in [2.75, 3.05) is 32.7 Å². The maximum absolute atomic E-state index is 12.0. The van der Waals surface area contributed by atoms with Gasteiger partial charge in [0.25, 0.3) is 0 Å². The van der Waals surface area contributed by atoms with Crippen LogP contribution in [0.1, 0.15) is 5.56 Å². The molecule has 116 valence electrons. The van der Waals surface area contributed by atoms with Crippen LogP contribution in [0.25, 0.3) is 0 Å². The van der Waals surface area contributed by atoms with Crippen molar-refractivity contribution in [2.24, 2.45) is 0 Å². The summed E-state index contributed by atoms with van der Waals surface area (Å²) in [5.74, 6) is 3.55. The Labute approximate surface area is 129 Å². The lowest BCUT2D eigenvalue weighted by Gasteiger charge is -2.32. The van der Waals surface area contributed by atoms with E-state index in [4.69, 9.17) is 9.84 Å². The summed E-state index contributed by atoms with van der Waals surface area (Å²) in [4.78, 5) is 25.9. The minimum atomic E-state index is -1.12. The van der Waals surface area contributed by atoms with Gasteiger partial charge in [-0.3, -0.25) is 4.90 Å². The van der Waals surface area contributed by atoms with Crippen molar-refractivity contribution in [3.8, 4) is 11.8 Å². The van der Waals surface area contributed by atoms with E-state index in [2.05, 4.69) is 11.8 Å². The van der Waals surface area contributed by atoms with Crippen LogP contribution >= 0.6 is 0 Å². The van der Waals surface area contributed by atoms with E-state index >= 15 is 0 Å². The van der Waals surface area contributed by atoms with Crippen LogP contribution < -0.4 is 0 Å². The van der Waals surface area contributed by atoms with Gasteiger partial charge in [0.2, 0.25) is 0 Å². The molecule has 1 aliphatic heterocycles. The van der Waals surface area contributed by atoms with E-state index < -0.39 is 5.97 Å². The number of benzene rings is 1. The fourth-order valence-electron chi connectivity index (χ4n) is 2.13. The molecule has 0 spiro atoms. The molecule has 0 atom stereocenters. The zero-order valence-corrected chi connectivity index (χ0v) is 12.2. The van der Waals surface area contributed by atoms with Crippen LogP contribution in [-0.2, 0) is 16.1 Å². The smallest absolute Gasteiger partial charge is 0.410 e. The van der Waals surface area contributed by atoms with Crippen LogP contribution in [-0.4, -0.2) is 59.7 Å². The van der Waals surface area contributed by atoms with Gasteiger partial charge in [0, 0.05) is 32.1 Å². The molecule has 1 aromatic carbocycles. The molecule has 1 aromatic rings. The SMILES string of the molecule is O=C(O)C#CCN1CCN(C(=O)OCc2ccccc2)CC1. The summed E-state index contributed by atoms with van der Waals surface area (Å²) in [6.07, 6.45) is -0.319. The van der Waals surface area contributed by atoms with Crippen LogP contribution in [0.5, 0.6) is 0 Å². The average molecular weight is 302 g/mol. The summed E-state index contributed by atoms with van der Waals surface area (Å²) in [7, 11) is 0. The molecule has 1 N–H and O–H groups in total. The molecule has 1 fully saturated rings. The van der Waals surface area contributed by atoms with Crippen LogP contribution in [0, 0.1) is 11.8 Å². The topological polar surface area (TPSA) is 70.1 Å². The number of rotatable bonds is 3. The first-order chi connectivity index (χ1) is 10.6. The lowest BCUT2D eigenvalue weighted by atomic mass is 10.2.